The van der Waals surface area contributed by atoms with Crippen molar-refractivity contribution in [1.29, 1.82) is 0 Å². The summed E-state index contributed by atoms with van der Waals surface area (Å²) in [6.45, 7) is 1.28. The number of anilines is 3. The molecule has 0 saturated heterocycles. The van der Waals surface area contributed by atoms with E-state index >= 15 is 0 Å². The van der Waals surface area contributed by atoms with E-state index in [0.29, 0.717) is 16.8 Å². The van der Waals surface area contributed by atoms with Crippen LogP contribution in [0.5, 0.6) is 0 Å². The first-order chi connectivity index (χ1) is 15.3. The molecule has 0 bridgehead atoms. The summed E-state index contributed by atoms with van der Waals surface area (Å²) in [6.07, 6.45) is 3.90. The fourth-order valence-electron chi connectivity index (χ4n) is 3.24. The van der Waals surface area contributed by atoms with Crippen LogP contribution in [0.15, 0.2) is 61.1 Å². The Morgan fingerprint density at radius 1 is 1.12 bits per heavy atom. The van der Waals surface area contributed by atoms with Gasteiger partial charge in [-0.1, -0.05) is 23.7 Å². The van der Waals surface area contributed by atoms with Crippen molar-refractivity contribution in [3.05, 3.63) is 83.3 Å². The van der Waals surface area contributed by atoms with Gasteiger partial charge in [0.15, 0.2) is 5.82 Å². The summed E-state index contributed by atoms with van der Waals surface area (Å²) in [4.78, 5) is 30.1. The zero-order chi connectivity index (χ0) is 22.8. The topological polar surface area (TPSA) is 79.6 Å². The van der Waals surface area contributed by atoms with Crippen LogP contribution in [0.1, 0.15) is 12.5 Å². The van der Waals surface area contributed by atoms with Gasteiger partial charge in [0.25, 0.3) is 0 Å². The minimum absolute atomic E-state index is 0.00646. The first-order valence-electron chi connectivity index (χ1n) is 9.46. The molecule has 3 heterocycles. The molecule has 3 aromatic heterocycles. The molecular weight excluding hydrogens is 440 g/mol. The molecule has 0 unspecified atom stereocenters. The normalized spacial score (nSPS) is 10.9. The third-order valence-corrected chi connectivity index (χ3v) is 5.09. The fourth-order valence-corrected chi connectivity index (χ4v) is 3.43. The number of rotatable bonds is 5. The number of hydrogen-bond donors (Lipinski definition) is 1. The fraction of sp³-hybridized carbons (Fsp3) is 0.0909. The van der Waals surface area contributed by atoms with E-state index in [1.54, 1.807) is 12.1 Å². The molecule has 4 aromatic rings. The molecule has 10 heteroatoms. The van der Waals surface area contributed by atoms with E-state index < -0.39 is 23.4 Å². The van der Waals surface area contributed by atoms with Crippen LogP contribution in [0.3, 0.4) is 0 Å². The van der Waals surface area contributed by atoms with Gasteiger partial charge in [-0.2, -0.15) is 5.10 Å². The van der Waals surface area contributed by atoms with Crippen LogP contribution in [-0.2, 0) is 16.0 Å². The molecule has 0 saturated carbocycles. The molecule has 7 nitrogen and oxygen atoms in total. The molecule has 0 aliphatic carbocycles. The van der Waals surface area contributed by atoms with Crippen LogP contribution in [0.2, 0.25) is 5.02 Å². The predicted molar refractivity (Wildman–Crippen MR) is 116 cm³/mol. The van der Waals surface area contributed by atoms with Crippen LogP contribution >= 0.6 is 11.6 Å². The molecule has 0 aliphatic heterocycles. The standard InChI is InChI=1S/C22H16ClF2N5O2/c1-13(31)30(19-11-16-6-8-27-29(16)12-18(19)25)20-10-15(5-7-26-20)28-21(32)9-14-3-2-4-17(24)22(14)23/h2-8,10-12H,9H2,1H3,(H,26,28,32). The number of pyridine rings is 2. The maximum absolute atomic E-state index is 14.7. The van der Waals surface area contributed by atoms with Crippen LogP contribution in [0, 0.1) is 11.6 Å². The van der Waals surface area contributed by atoms with Gasteiger partial charge in [0, 0.05) is 31.1 Å². The minimum atomic E-state index is -0.673. The Bertz CT molecular complexity index is 1340. The zero-order valence-corrected chi connectivity index (χ0v) is 17.5. The van der Waals surface area contributed by atoms with Crippen molar-refractivity contribution in [2.75, 3.05) is 10.2 Å². The van der Waals surface area contributed by atoms with Gasteiger partial charge in [0.2, 0.25) is 11.8 Å². The van der Waals surface area contributed by atoms with E-state index in [2.05, 4.69) is 15.4 Å². The van der Waals surface area contributed by atoms with Crippen molar-refractivity contribution in [1.82, 2.24) is 14.6 Å². The van der Waals surface area contributed by atoms with Crippen molar-refractivity contribution in [3.8, 4) is 0 Å². The van der Waals surface area contributed by atoms with E-state index in [1.807, 2.05) is 0 Å². The van der Waals surface area contributed by atoms with E-state index in [4.69, 9.17) is 11.6 Å². The number of benzene rings is 1. The Labute approximate surface area is 186 Å². The molecule has 2 amide bonds. The summed E-state index contributed by atoms with van der Waals surface area (Å²) >= 11 is 5.91. The predicted octanol–water partition coefficient (Wildman–Crippen LogP) is 4.53. The van der Waals surface area contributed by atoms with Crippen molar-refractivity contribution in [2.45, 2.75) is 13.3 Å². The van der Waals surface area contributed by atoms with Gasteiger partial charge >= 0.3 is 0 Å². The van der Waals surface area contributed by atoms with Gasteiger partial charge < -0.3 is 5.32 Å². The second-order valence-electron chi connectivity index (χ2n) is 6.90. The average Bonchev–Trinajstić information content (AvgIpc) is 3.19. The summed E-state index contributed by atoms with van der Waals surface area (Å²) < 4.78 is 29.7. The number of hydrogen-bond acceptors (Lipinski definition) is 4. The van der Waals surface area contributed by atoms with Crippen molar-refractivity contribution < 1.29 is 18.4 Å². The minimum Gasteiger partial charge on any atom is -0.326 e. The quantitative estimate of drug-likeness (QED) is 0.479. The van der Waals surface area contributed by atoms with Gasteiger partial charge in [-0.05, 0) is 29.8 Å². The number of carbonyl (C=O) groups is 2. The molecule has 0 atom stereocenters. The highest BCUT2D eigenvalue weighted by Gasteiger charge is 2.21. The van der Waals surface area contributed by atoms with E-state index in [1.165, 1.54) is 54.2 Å². The lowest BCUT2D eigenvalue weighted by molar-refractivity contribution is -0.116. The van der Waals surface area contributed by atoms with Gasteiger partial charge in [0.05, 0.1) is 28.8 Å². The summed E-state index contributed by atoms with van der Waals surface area (Å²) in [5, 5.41) is 6.51. The maximum atomic E-state index is 14.7. The highest BCUT2D eigenvalue weighted by molar-refractivity contribution is 6.31. The number of aromatic nitrogens is 3. The molecule has 4 rings (SSSR count). The number of nitrogens with one attached hydrogen (secondary N) is 1. The molecular formula is C22H16ClF2N5O2. The van der Waals surface area contributed by atoms with Crippen LogP contribution in [0.25, 0.3) is 5.52 Å². The SMILES string of the molecule is CC(=O)N(c1cc(NC(=O)Cc2cccc(F)c2Cl)ccn1)c1cc2ccnn2cc1F. The Hall–Kier alpha value is -3.85. The summed E-state index contributed by atoms with van der Waals surface area (Å²) in [5.41, 5.74) is 1.24. The second kappa shape index (κ2) is 8.72. The van der Waals surface area contributed by atoms with E-state index in [-0.39, 0.29) is 22.9 Å². The van der Waals surface area contributed by atoms with Gasteiger partial charge in [-0.15, -0.1) is 0 Å². The molecule has 0 aliphatic rings. The first-order valence-corrected chi connectivity index (χ1v) is 9.83. The Balaban J connectivity index is 1.61. The number of nitrogens with zero attached hydrogens (tertiary/aromatic N) is 4. The summed E-state index contributed by atoms with van der Waals surface area (Å²) in [5.74, 6) is -2.10. The molecule has 162 valence electrons. The lowest BCUT2D eigenvalue weighted by atomic mass is 10.1. The number of amides is 2. The number of halogens is 3. The van der Waals surface area contributed by atoms with Gasteiger partial charge in [0.1, 0.15) is 11.6 Å². The maximum Gasteiger partial charge on any atom is 0.229 e. The highest BCUT2D eigenvalue weighted by Crippen LogP contribution is 2.29. The lowest BCUT2D eigenvalue weighted by Gasteiger charge is -2.21. The number of carbonyl (C=O) groups excluding carboxylic acids is 2. The van der Waals surface area contributed by atoms with Gasteiger partial charge in [-0.25, -0.2) is 18.3 Å². The lowest BCUT2D eigenvalue weighted by Crippen LogP contribution is -2.25. The molecule has 0 fully saturated rings. The van der Waals surface area contributed by atoms with Gasteiger partial charge in [-0.3, -0.25) is 14.5 Å². The summed E-state index contributed by atoms with van der Waals surface area (Å²) in [6, 6.07) is 10.3. The Morgan fingerprint density at radius 2 is 1.94 bits per heavy atom. The third kappa shape index (κ3) is 4.28. The molecule has 1 aromatic carbocycles. The zero-order valence-electron chi connectivity index (χ0n) is 16.7. The molecule has 32 heavy (non-hydrogen) atoms. The largest absolute Gasteiger partial charge is 0.326 e. The van der Waals surface area contributed by atoms with Crippen LogP contribution < -0.4 is 10.2 Å². The second-order valence-corrected chi connectivity index (χ2v) is 7.28. The van der Waals surface area contributed by atoms with E-state index in [0.717, 1.165) is 11.1 Å². The Morgan fingerprint density at radius 3 is 2.72 bits per heavy atom. The Kier molecular flexibility index (Phi) is 5.83. The molecule has 0 spiro atoms. The van der Waals surface area contributed by atoms with Crippen LogP contribution in [-0.4, -0.2) is 26.4 Å². The number of fused-ring (bicyclic) bond motifs is 1. The van der Waals surface area contributed by atoms with Crippen LogP contribution in [0.4, 0.5) is 26.0 Å². The average molecular weight is 456 g/mol. The first kappa shape index (κ1) is 21.4. The van der Waals surface area contributed by atoms with E-state index in [9.17, 15) is 18.4 Å². The highest BCUT2D eigenvalue weighted by atomic mass is 35.5. The van der Waals surface area contributed by atoms with Crippen molar-refractivity contribution in [2.24, 2.45) is 0 Å². The smallest absolute Gasteiger partial charge is 0.229 e. The molecule has 1 N–H and O–H groups in total. The molecule has 0 radical (unpaired) electrons. The monoisotopic (exact) mass is 455 g/mol. The van der Waals surface area contributed by atoms with Crippen molar-refractivity contribution >= 4 is 46.1 Å². The third-order valence-electron chi connectivity index (χ3n) is 4.66. The summed E-state index contributed by atoms with van der Waals surface area (Å²) in [7, 11) is 0. The van der Waals surface area contributed by atoms with Crippen molar-refractivity contribution in [3.63, 3.8) is 0 Å².